The fraction of sp³-hybridized carbons (Fsp3) is 0.429. The lowest BCUT2D eigenvalue weighted by atomic mass is 9.78. The SMILES string of the molecule is COCCCNC(=O)CSC1=C(C#N)[C@H](c2ccc(OC)c(Br)c2)[C@@H](C(=O)OC)C(=O)N1. The summed E-state index contributed by atoms with van der Waals surface area (Å²) >= 11 is 4.43. The number of nitrogens with one attached hydrogen (secondary N) is 2. The second kappa shape index (κ2) is 12.5. The molecule has 0 aromatic heterocycles. The number of ether oxygens (including phenoxy) is 3. The molecule has 11 heteroatoms. The molecule has 1 aliphatic heterocycles. The number of halogens is 1. The third-order valence-electron chi connectivity index (χ3n) is 4.71. The van der Waals surface area contributed by atoms with Crippen molar-refractivity contribution in [2.45, 2.75) is 12.3 Å². The zero-order valence-electron chi connectivity index (χ0n) is 17.9. The molecular weight excluding hydrogens is 502 g/mol. The van der Waals surface area contributed by atoms with Crippen molar-refractivity contribution in [2.75, 3.05) is 40.2 Å². The number of benzene rings is 1. The predicted molar refractivity (Wildman–Crippen MR) is 122 cm³/mol. The van der Waals surface area contributed by atoms with E-state index >= 15 is 0 Å². The number of esters is 1. The van der Waals surface area contributed by atoms with Gasteiger partial charge in [0.25, 0.3) is 0 Å². The zero-order chi connectivity index (χ0) is 23.7. The van der Waals surface area contributed by atoms with Gasteiger partial charge in [0.15, 0.2) is 0 Å². The molecule has 1 heterocycles. The molecule has 2 rings (SSSR count). The van der Waals surface area contributed by atoms with Gasteiger partial charge in [-0.2, -0.15) is 5.26 Å². The van der Waals surface area contributed by atoms with Crippen molar-refractivity contribution in [2.24, 2.45) is 5.92 Å². The number of hydrogen-bond donors (Lipinski definition) is 2. The lowest BCUT2D eigenvalue weighted by molar-refractivity contribution is -0.150. The van der Waals surface area contributed by atoms with E-state index in [-0.39, 0.29) is 22.3 Å². The average molecular weight is 526 g/mol. The summed E-state index contributed by atoms with van der Waals surface area (Å²) in [7, 11) is 4.28. The molecule has 172 valence electrons. The molecule has 2 amide bonds. The predicted octanol–water partition coefficient (Wildman–Crippen LogP) is 2.08. The maximum absolute atomic E-state index is 12.8. The quantitative estimate of drug-likeness (QED) is 0.270. The van der Waals surface area contributed by atoms with Crippen LogP contribution < -0.4 is 15.4 Å². The molecule has 2 atom stereocenters. The van der Waals surface area contributed by atoms with Gasteiger partial charge in [-0.15, -0.1) is 0 Å². The van der Waals surface area contributed by atoms with Crippen LogP contribution in [-0.2, 0) is 23.9 Å². The summed E-state index contributed by atoms with van der Waals surface area (Å²) in [6.45, 7) is 0.984. The Labute approximate surface area is 199 Å². The molecule has 0 aliphatic carbocycles. The monoisotopic (exact) mass is 525 g/mol. The number of thioether (sulfide) groups is 1. The van der Waals surface area contributed by atoms with Crippen LogP contribution in [0.2, 0.25) is 0 Å². The maximum Gasteiger partial charge on any atom is 0.319 e. The highest BCUT2D eigenvalue weighted by Crippen LogP contribution is 2.41. The van der Waals surface area contributed by atoms with E-state index in [0.717, 1.165) is 11.8 Å². The van der Waals surface area contributed by atoms with Crippen LogP contribution in [0, 0.1) is 17.2 Å². The number of nitrogens with zero attached hydrogens (tertiary/aromatic N) is 1. The average Bonchev–Trinajstić information content (AvgIpc) is 2.79. The topological polar surface area (TPSA) is 127 Å². The first-order chi connectivity index (χ1) is 15.4. The van der Waals surface area contributed by atoms with Crippen LogP contribution in [0.15, 0.2) is 33.3 Å². The minimum absolute atomic E-state index is 0.00427. The first kappa shape index (κ1) is 25.7. The van der Waals surface area contributed by atoms with Gasteiger partial charge < -0.3 is 24.8 Å². The van der Waals surface area contributed by atoms with E-state index in [4.69, 9.17) is 14.2 Å². The fourth-order valence-corrected chi connectivity index (χ4v) is 4.63. The Bertz CT molecular complexity index is 946. The molecule has 1 aromatic rings. The van der Waals surface area contributed by atoms with Crippen LogP contribution in [-0.4, -0.2) is 58.0 Å². The van der Waals surface area contributed by atoms with Crippen molar-refractivity contribution >= 4 is 45.5 Å². The molecule has 0 fully saturated rings. The Hall–Kier alpha value is -2.55. The lowest BCUT2D eigenvalue weighted by Crippen LogP contribution is -2.44. The van der Waals surface area contributed by atoms with Gasteiger partial charge in [-0.25, -0.2) is 0 Å². The van der Waals surface area contributed by atoms with E-state index in [2.05, 4.69) is 32.6 Å². The first-order valence-electron chi connectivity index (χ1n) is 9.62. The van der Waals surface area contributed by atoms with E-state index < -0.39 is 23.7 Å². The van der Waals surface area contributed by atoms with Gasteiger partial charge in [0, 0.05) is 26.2 Å². The number of allylic oxidation sites excluding steroid dienone is 1. The molecule has 0 spiro atoms. The Morgan fingerprint density at radius 1 is 1.31 bits per heavy atom. The van der Waals surface area contributed by atoms with Crippen molar-refractivity contribution < 1.29 is 28.6 Å². The number of rotatable bonds is 10. The van der Waals surface area contributed by atoms with Gasteiger partial charge in [0.05, 0.1) is 41.1 Å². The number of methoxy groups -OCH3 is 3. The molecule has 0 unspecified atom stereocenters. The molecule has 0 saturated heterocycles. The van der Waals surface area contributed by atoms with E-state index in [1.165, 1.54) is 14.2 Å². The number of carbonyl (C=O) groups excluding carboxylic acids is 3. The normalized spacial score (nSPS) is 17.9. The molecule has 0 bridgehead atoms. The smallest absolute Gasteiger partial charge is 0.319 e. The number of carbonyl (C=O) groups is 3. The summed E-state index contributed by atoms with van der Waals surface area (Å²) in [5, 5.41) is 15.5. The van der Waals surface area contributed by atoms with E-state index in [9.17, 15) is 19.6 Å². The summed E-state index contributed by atoms with van der Waals surface area (Å²) < 4.78 is 15.6. The summed E-state index contributed by atoms with van der Waals surface area (Å²) in [6.07, 6.45) is 0.672. The van der Waals surface area contributed by atoms with Crippen molar-refractivity contribution in [3.8, 4) is 11.8 Å². The van der Waals surface area contributed by atoms with Gasteiger partial charge in [-0.05, 0) is 40.0 Å². The minimum Gasteiger partial charge on any atom is -0.496 e. The van der Waals surface area contributed by atoms with Crippen LogP contribution in [0.25, 0.3) is 0 Å². The Balaban J connectivity index is 2.36. The summed E-state index contributed by atoms with van der Waals surface area (Å²) in [6, 6.07) is 7.16. The van der Waals surface area contributed by atoms with Crippen LogP contribution in [0.3, 0.4) is 0 Å². The molecule has 1 aromatic carbocycles. The number of nitriles is 1. The minimum atomic E-state index is -1.25. The second-order valence-electron chi connectivity index (χ2n) is 6.70. The van der Waals surface area contributed by atoms with Crippen LogP contribution in [0.1, 0.15) is 17.9 Å². The molecular formula is C21H24BrN3O6S. The molecule has 1 aliphatic rings. The molecule has 0 radical (unpaired) electrons. The highest BCUT2D eigenvalue weighted by molar-refractivity contribution is 9.10. The molecule has 9 nitrogen and oxygen atoms in total. The molecule has 0 saturated carbocycles. The first-order valence-corrected chi connectivity index (χ1v) is 11.4. The summed E-state index contributed by atoms with van der Waals surface area (Å²) in [4.78, 5) is 37.4. The lowest BCUT2D eigenvalue weighted by Gasteiger charge is -2.31. The van der Waals surface area contributed by atoms with Crippen LogP contribution >= 0.6 is 27.7 Å². The van der Waals surface area contributed by atoms with Crippen molar-refractivity contribution in [3.63, 3.8) is 0 Å². The molecule has 32 heavy (non-hydrogen) atoms. The van der Waals surface area contributed by atoms with Crippen LogP contribution in [0.5, 0.6) is 5.75 Å². The standard InChI is InChI=1S/C21H24BrN3O6S/c1-29-8-4-7-24-16(26)11-32-20-13(10-23)17(18(19(27)25-20)21(28)31-3)12-5-6-15(30-2)14(22)9-12/h5-6,9,17-18H,4,7-8,11H2,1-3H3,(H,24,26)(H,25,27)/t17-,18+/m0/s1. The van der Waals surface area contributed by atoms with Crippen LogP contribution in [0.4, 0.5) is 0 Å². The highest BCUT2D eigenvalue weighted by Gasteiger charge is 2.44. The van der Waals surface area contributed by atoms with E-state index in [1.807, 2.05) is 0 Å². The Morgan fingerprint density at radius 3 is 2.66 bits per heavy atom. The number of amides is 2. The third kappa shape index (κ3) is 6.25. The van der Waals surface area contributed by atoms with Gasteiger partial charge in [-0.3, -0.25) is 14.4 Å². The van der Waals surface area contributed by atoms with Gasteiger partial charge >= 0.3 is 5.97 Å². The summed E-state index contributed by atoms with van der Waals surface area (Å²) in [5.74, 6) is -3.18. The summed E-state index contributed by atoms with van der Waals surface area (Å²) in [5.41, 5.74) is 0.732. The van der Waals surface area contributed by atoms with E-state index in [0.29, 0.717) is 35.4 Å². The fourth-order valence-electron chi connectivity index (χ4n) is 3.19. The van der Waals surface area contributed by atoms with Gasteiger partial charge in [0.1, 0.15) is 11.7 Å². The Morgan fingerprint density at radius 2 is 2.06 bits per heavy atom. The number of hydrogen-bond acceptors (Lipinski definition) is 8. The van der Waals surface area contributed by atoms with Crippen molar-refractivity contribution in [3.05, 3.63) is 38.8 Å². The zero-order valence-corrected chi connectivity index (χ0v) is 20.3. The van der Waals surface area contributed by atoms with E-state index in [1.54, 1.807) is 25.3 Å². The van der Waals surface area contributed by atoms with Crippen molar-refractivity contribution in [1.29, 1.82) is 5.26 Å². The highest BCUT2D eigenvalue weighted by atomic mass is 79.9. The van der Waals surface area contributed by atoms with Gasteiger partial charge in [0.2, 0.25) is 11.8 Å². The third-order valence-corrected chi connectivity index (χ3v) is 6.35. The molecule has 2 N–H and O–H groups in total. The Kier molecular flexibility index (Phi) is 10.0. The maximum atomic E-state index is 12.8. The van der Waals surface area contributed by atoms with Crippen molar-refractivity contribution in [1.82, 2.24) is 10.6 Å². The second-order valence-corrected chi connectivity index (χ2v) is 8.54. The largest absolute Gasteiger partial charge is 0.496 e. The van der Waals surface area contributed by atoms with Gasteiger partial charge in [-0.1, -0.05) is 17.8 Å².